The van der Waals surface area contributed by atoms with E-state index < -0.39 is 0 Å². The molecule has 2 unspecified atom stereocenters. The Labute approximate surface area is 99.8 Å². The maximum absolute atomic E-state index is 11.9. The van der Waals surface area contributed by atoms with Crippen LogP contribution in [0.1, 0.15) is 65.7 Å². The van der Waals surface area contributed by atoms with Crippen LogP contribution in [0.25, 0.3) is 0 Å². The second-order valence-corrected chi connectivity index (χ2v) is 5.33. The Balaban J connectivity index is 2.50. The first kappa shape index (κ1) is 13.5. The fourth-order valence-corrected chi connectivity index (χ4v) is 2.55. The van der Waals surface area contributed by atoms with E-state index in [-0.39, 0.29) is 18.0 Å². The lowest BCUT2D eigenvalue weighted by Gasteiger charge is -2.25. The van der Waals surface area contributed by atoms with Crippen LogP contribution in [-0.4, -0.2) is 12.1 Å². The summed E-state index contributed by atoms with van der Waals surface area (Å²) in [4.78, 5) is 11.9. The summed E-state index contributed by atoms with van der Waals surface area (Å²) in [5.74, 6) is 0.924. The summed E-state index contributed by atoms with van der Waals surface area (Å²) in [5.41, 5.74) is 0. The molecule has 0 amide bonds. The van der Waals surface area contributed by atoms with E-state index in [1.165, 1.54) is 32.1 Å². The van der Waals surface area contributed by atoms with Crippen LogP contribution in [0.2, 0.25) is 0 Å². The minimum Gasteiger partial charge on any atom is -0.463 e. The molecule has 0 bridgehead atoms. The molecule has 1 aliphatic rings. The van der Waals surface area contributed by atoms with Crippen LogP contribution in [0.5, 0.6) is 0 Å². The first-order valence-corrected chi connectivity index (χ1v) is 6.84. The SMILES string of the molecule is CCC1CCCCCC(C(=O)OC(C)C)C1. The molecule has 1 saturated carbocycles. The number of carbonyl (C=O) groups excluding carboxylic acids is 1. The Morgan fingerprint density at radius 1 is 1.25 bits per heavy atom. The Bertz CT molecular complexity index is 211. The van der Waals surface area contributed by atoms with E-state index in [4.69, 9.17) is 4.74 Å². The van der Waals surface area contributed by atoms with Gasteiger partial charge in [0.15, 0.2) is 0 Å². The molecule has 1 rings (SSSR count). The molecule has 0 heterocycles. The van der Waals surface area contributed by atoms with Crippen molar-refractivity contribution in [3.63, 3.8) is 0 Å². The molecule has 0 radical (unpaired) electrons. The van der Waals surface area contributed by atoms with Crippen LogP contribution in [-0.2, 0) is 9.53 Å². The van der Waals surface area contributed by atoms with Crippen molar-refractivity contribution < 1.29 is 9.53 Å². The fourth-order valence-electron chi connectivity index (χ4n) is 2.55. The molecule has 1 fully saturated rings. The van der Waals surface area contributed by atoms with Gasteiger partial charge in [0.25, 0.3) is 0 Å². The maximum atomic E-state index is 11.9. The lowest BCUT2D eigenvalue weighted by Crippen LogP contribution is -2.24. The molecule has 0 aromatic carbocycles. The van der Waals surface area contributed by atoms with Crippen LogP contribution < -0.4 is 0 Å². The van der Waals surface area contributed by atoms with E-state index in [1.54, 1.807) is 0 Å². The molecule has 0 spiro atoms. The number of ether oxygens (including phenoxy) is 1. The van der Waals surface area contributed by atoms with Crippen LogP contribution in [0.4, 0.5) is 0 Å². The quantitative estimate of drug-likeness (QED) is 0.681. The highest BCUT2D eigenvalue weighted by Gasteiger charge is 2.25. The van der Waals surface area contributed by atoms with Crippen molar-refractivity contribution in [1.29, 1.82) is 0 Å². The van der Waals surface area contributed by atoms with Gasteiger partial charge in [0, 0.05) is 0 Å². The highest BCUT2D eigenvalue weighted by Crippen LogP contribution is 2.29. The first-order valence-electron chi connectivity index (χ1n) is 6.84. The largest absolute Gasteiger partial charge is 0.463 e. The summed E-state index contributed by atoms with van der Waals surface area (Å²) in [6, 6.07) is 0. The summed E-state index contributed by atoms with van der Waals surface area (Å²) in [7, 11) is 0. The number of carbonyl (C=O) groups is 1. The van der Waals surface area contributed by atoms with Gasteiger partial charge in [0.1, 0.15) is 0 Å². The van der Waals surface area contributed by atoms with Crippen molar-refractivity contribution in [1.82, 2.24) is 0 Å². The van der Waals surface area contributed by atoms with Crippen molar-refractivity contribution in [2.45, 2.75) is 71.8 Å². The van der Waals surface area contributed by atoms with Crippen LogP contribution in [0.15, 0.2) is 0 Å². The third-order valence-electron chi connectivity index (χ3n) is 3.55. The minimum absolute atomic E-state index is 0.0259. The summed E-state index contributed by atoms with van der Waals surface area (Å²) in [6.07, 6.45) is 8.40. The van der Waals surface area contributed by atoms with Gasteiger partial charge in [-0.3, -0.25) is 4.79 Å². The molecule has 1 aliphatic carbocycles. The third-order valence-corrected chi connectivity index (χ3v) is 3.55. The lowest BCUT2D eigenvalue weighted by molar-refractivity contribution is -0.153. The Hall–Kier alpha value is -0.530. The third kappa shape index (κ3) is 4.54. The lowest BCUT2D eigenvalue weighted by atomic mass is 9.83. The molecular formula is C14H26O2. The number of hydrogen-bond donors (Lipinski definition) is 0. The van der Waals surface area contributed by atoms with Crippen LogP contribution >= 0.6 is 0 Å². The van der Waals surface area contributed by atoms with E-state index in [1.807, 2.05) is 13.8 Å². The maximum Gasteiger partial charge on any atom is 0.309 e. The molecule has 16 heavy (non-hydrogen) atoms. The van der Waals surface area contributed by atoms with Gasteiger partial charge in [0.2, 0.25) is 0 Å². The Morgan fingerprint density at radius 3 is 2.56 bits per heavy atom. The zero-order chi connectivity index (χ0) is 12.0. The summed E-state index contributed by atoms with van der Waals surface area (Å²) in [5, 5.41) is 0. The Morgan fingerprint density at radius 2 is 1.94 bits per heavy atom. The van der Waals surface area contributed by atoms with Crippen LogP contribution in [0, 0.1) is 11.8 Å². The van der Waals surface area contributed by atoms with Crippen molar-refractivity contribution >= 4 is 5.97 Å². The van der Waals surface area contributed by atoms with Gasteiger partial charge < -0.3 is 4.74 Å². The second kappa shape index (κ2) is 6.93. The highest BCUT2D eigenvalue weighted by molar-refractivity contribution is 5.72. The average Bonchev–Trinajstić information content (AvgIpc) is 2.16. The summed E-state index contributed by atoms with van der Waals surface area (Å²) < 4.78 is 5.34. The Kier molecular flexibility index (Phi) is 5.86. The highest BCUT2D eigenvalue weighted by atomic mass is 16.5. The topological polar surface area (TPSA) is 26.3 Å². The molecular weight excluding hydrogens is 200 g/mol. The summed E-state index contributed by atoms with van der Waals surface area (Å²) >= 11 is 0. The van der Waals surface area contributed by atoms with Crippen molar-refractivity contribution in [3.05, 3.63) is 0 Å². The van der Waals surface area contributed by atoms with Gasteiger partial charge in [-0.2, -0.15) is 0 Å². The van der Waals surface area contributed by atoms with Gasteiger partial charge in [-0.05, 0) is 32.6 Å². The van der Waals surface area contributed by atoms with Gasteiger partial charge >= 0.3 is 5.97 Å². The molecule has 0 N–H and O–H groups in total. The zero-order valence-electron chi connectivity index (χ0n) is 11.0. The molecule has 2 atom stereocenters. The molecule has 0 aromatic heterocycles. The number of esters is 1. The predicted octanol–water partition coefficient (Wildman–Crippen LogP) is 3.93. The van der Waals surface area contributed by atoms with Gasteiger partial charge in [-0.25, -0.2) is 0 Å². The van der Waals surface area contributed by atoms with Crippen molar-refractivity contribution in [2.75, 3.05) is 0 Å². The first-order chi connectivity index (χ1) is 7.63. The average molecular weight is 226 g/mol. The molecule has 2 nitrogen and oxygen atoms in total. The standard InChI is InChI=1S/C14H26O2/c1-4-12-8-6-5-7-9-13(10-12)14(15)16-11(2)3/h11-13H,4-10H2,1-3H3. The van der Waals surface area contributed by atoms with Crippen LogP contribution in [0.3, 0.4) is 0 Å². The van der Waals surface area contributed by atoms with E-state index in [0.717, 1.165) is 18.8 Å². The second-order valence-electron chi connectivity index (χ2n) is 5.33. The van der Waals surface area contributed by atoms with Gasteiger partial charge in [0.05, 0.1) is 12.0 Å². The van der Waals surface area contributed by atoms with E-state index >= 15 is 0 Å². The molecule has 2 heteroatoms. The number of rotatable bonds is 3. The molecule has 0 aromatic rings. The zero-order valence-corrected chi connectivity index (χ0v) is 11.0. The minimum atomic E-state index is 0.0259. The molecule has 94 valence electrons. The summed E-state index contributed by atoms with van der Waals surface area (Å²) in [6.45, 7) is 6.09. The molecule has 0 aliphatic heterocycles. The smallest absolute Gasteiger partial charge is 0.309 e. The monoisotopic (exact) mass is 226 g/mol. The van der Waals surface area contributed by atoms with Gasteiger partial charge in [-0.15, -0.1) is 0 Å². The van der Waals surface area contributed by atoms with Gasteiger partial charge in [-0.1, -0.05) is 39.0 Å². The van der Waals surface area contributed by atoms with Crippen molar-refractivity contribution in [3.8, 4) is 0 Å². The molecule has 0 saturated heterocycles. The van der Waals surface area contributed by atoms with E-state index in [2.05, 4.69) is 6.92 Å². The fraction of sp³-hybridized carbons (Fsp3) is 0.929. The van der Waals surface area contributed by atoms with Crippen molar-refractivity contribution in [2.24, 2.45) is 11.8 Å². The number of hydrogen-bond acceptors (Lipinski definition) is 2. The predicted molar refractivity (Wildman–Crippen MR) is 66.2 cm³/mol. The van der Waals surface area contributed by atoms with E-state index in [9.17, 15) is 4.79 Å². The normalized spacial score (nSPS) is 27.2. The van der Waals surface area contributed by atoms with E-state index in [0.29, 0.717) is 0 Å².